The Morgan fingerprint density at radius 3 is 2.68 bits per heavy atom. The lowest BCUT2D eigenvalue weighted by Crippen LogP contribution is -2.37. The second kappa shape index (κ2) is 5.35. The van der Waals surface area contributed by atoms with Gasteiger partial charge < -0.3 is 10.7 Å². The number of aromatic nitrogens is 1. The summed E-state index contributed by atoms with van der Waals surface area (Å²) in [5, 5.41) is 1.33. The number of nitrogens with zero attached hydrogens (tertiary/aromatic N) is 1. The molecular weight excluding hydrogens is 234 g/mol. The van der Waals surface area contributed by atoms with Crippen LogP contribution >= 0.6 is 0 Å². The molecule has 19 heavy (non-hydrogen) atoms. The van der Waals surface area contributed by atoms with Crippen molar-refractivity contribution in [2.75, 3.05) is 19.6 Å². The molecule has 1 fully saturated rings. The fraction of sp³-hybridized carbons (Fsp3) is 0.500. The number of H-pyrrole nitrogens is 1. The predicted octanol–water partition coefficient (Wildman–Crippen LogP) is 2.96. The number of likely N-dealkylation sites (tertiary alicyclic amines) is 1. The standard InChI is InChI=1S/C16H23N3/c1-12-16(13-7-3-4-8-14(13)18-12)15(11-17)19-9-5-2-6-10-19/h3-4,7-8,15,18H,2,5-6,9-11,17H2,1H3. The van der Waals surface area contributed by atoms with Crippen molar-refractivity contribution in [2.45, 2.75) is 32.2 Å². The molecule has 0 spiro atoms. The molecule has 0 aliphatic carbocycles. The molecule has 0 amide bonds. The highest BCUT2D eigenvalue weighted by Crippen LogP contribution is 2.32. The van der Waals surface area contributed by atoms with E-state index in [2.05, 4.69) is 41.1 Å². The molecule has 102 valence electrons. The molecule has 3 N–H and O–H groups in total. The molecule has 1 saturated heterocycles. The third kappa shape index (κ3) is 2.28. The van der Waals surface area contributed by atoms with Crippen LogP contribution < -0.4 is 5.73 Å². The van der Waals surface area contributed by atoms with E-state index < -0.39 is 0 Å². The average molecular weight is 257 g/mol. The lowest BCUT2D eigenvalue weighted by molar-refractivity contribution is 0.168. The number of aryl methyl sites for hydroxylation is 1. The second-order valence-electron chi connectivity index (χ2n) is 5.56. The Morgan fingerprint density at radius 1 is 1.21 bits per heavy atom. The first-order valence-corrected chi connectivity index (χ1v) is 7.32. The van der Waals surface area contributed by atoms with Crippen LogP contribution in [0.1, 0.15) is 36.6 Å². The topological polar surface area (TPSA) is 45.1 Å². The molecule has 0 bridgehead atoms. The van der Waals surface area contributed by atoms with E-state index in [-0.39, 0.29) is 0 Å². The van der Waals surface area contributed by atoms with Crippen LogP contribution in [0.5, 0.6) is 0 Å². The number of nitrogens with two attached hydrogens (primary N) is 1. The van der Waals surface area contributed by atoms with Gasteiger partial charge in [0.15, 0.2) is 0 Å². The van der Waals surface area contributed by atoms with Crippen molar-refractivity contribution in [2.24, 2.45) is 5.73 Å². The van der Waals surface area contributed by atoms with E-state index in [1.165, 1.54) is 54.5 Å². The zero-order valence-electron chi connectivity index (χ0n) is 11.7. The number of rotatable bonds is 3. The Kier molecular flexibility index (Phi) is 3.58. The molecule has 0 saturated carbocycles. The average Bonchev–Trinajstić information content (AvgIpc) is 2.78. The zero-order valence-corrected chi connectivity index (χ0v) is 11.7. The summed E-state index contributed by atoms with van der Waals surface area (Å²) in [7, 11) is 0. The van der Waals surface area contributed by atoms with Gasteiger partial charge >= 0.3 is 0 Å². The van der Waals surface area contributed by atoms with Crippen LogP contribution in [0.3, 0.4) is 0 Å². The number of benzene rings is 1. The SMILES string of the molecule is Cc1[nH]c2ccccc2c1C(CN)N1CCCCC1. The first-order valence-electron chi connectivity index (χ1n) is 7.32. The number of hydrogen-bond acceptors (Lipinski definition) is 2. The summed E-state index contributed by atoms with van der Waals surface area (Å²) in [5.41, 5.74) is 10.00. The molecule has 2 heterocycles. The third-order valence-corrected chi connectivity index (χ3v) is 4.33. The Bertz CT molecular complexity index is 552. The Balaban J connectivity index is 2.02. The van der Waals surface area contributed by atoms with Gasteiger partial charge in [-0.25, -0.2) is 0 Å². The monoisotopic (exact) mass is 257 g/mol. The molecular formula is C16H23N3. The fourth-order valence-corrected chi connectivity index (χ4v) is 3.41. The van der Waals surface area contributed by atoms with E-state index >= 15 is 0 Å². The van der Waals surface area contributed by atoms with Crippen LogP contribution in [0, 0.1) is 6.92 Å². The van der Waals surface area contributed by atoms with Gasteiger partial charge in [-0.3, -0.25) is 4.90 Å². The van der Waals surface area contributed by atoms with Crippen molar-refractivity contribution in [1.82, 2.24) is 9.88 Å². The first kappa shape index (κ1) is 12.7. The number of aromatic amines is 1. The summed E-state index contributed by atoms with van der Waals surface area (Å²) >= 11 is 0. The van der Waals surface area contributed by atoms with Gasteiger partial charge in [-0.2, -0.15) is 0 Å². The molecule has 0 radical (unpaired) electrons. The molecule has 1 unspecified atom stereocenters. The number of nitrogens with one attached hydrogen (secondary N) is 1. The molecule has 1 aromatic carbocycles. The lowest BCUT2D eigenvalue weighted by Gasteiger charge is -2.34. The quantitative estimate of drug-likeness (QED) is 0.888. The number of para-hydroxylation sites is 1. The normalized spacial score (nSPS) is 18.8. The van der Waals surface area contributed by atoms with Gasteiger partial charge in [0.05, 0.1) is 0 Å². The van der Waals surface area contributed by atoms with E-state index in [4.69, 9.17) is 5.73 Å². The van der Waals surface area contributed by atoms with E-state index in [0.29, 0.717) is 12.6 Å². The van der Waals surface area contributed by atoms with E-state index in [1.807, 2.05) is 0 Å². The summed E-state index contributed by atoms with van der Waals surface area (Å²) in [6.07, 6.45) is 3.97. The summed E-state index contributed by atoms with van der Waals surface area (Å²) in [6.45, 7) is 5.23. The minimum absolute atomic E-state index is 0.358. The van der Waals surface area contributed by atoms with Crippen LogP contribution in [-0.4, -0.2) is 29.5 Å². The highest BCUT2D eigenvalue weighted by atomic mass is 15.2. The highest BCUT2D eigenvalue weighted by molar-refractivity contribution is 5.85. The fourth-order valence-electron chi connectivity index (χ4n) is 3.41. The van der Waals surface area contributed by atoms with Crippen molar-refractivity contribution in [3.05, 3.63) is 35.5 Å². The number of piperidine rings is 1. The highest BCUT2D eigenvalue weighted by Gasteiger charge is 2.24. The summed E-state index contributed by atoms with van der Waals surface area (Å²) < 4.78 is 0. The first-order chi connectivity index (χ1) is 9.31. The van der Waals surface area contributed by atoms with Crippen molar-refractivity contribution >= 4 is 10.9 Å². The molecule has 1 atom stereocenters. The second-order valence-corrected chi connectivity index (χ2v) is 5.56. The predicted molar refractivity (Wildman–Crippen MR) is 80.3 cm³/mol. The molecule has 2 aromatic rings. The molecule has 1 aliphatic rings. The van der Waals surface area contributed by atoms with Gasteiger partial charge in [-0.05, 0) is 44.5 Å². The van der Waals surface area contributed by atoms with Crippen LogP contribution in [-0.2, 0) is 0 Å². The van der Waals surface area contributed by atoms with E-state index in [1.54, 1.807) is 0 Å². The van der Waals surface area contributed by atoms with Crippen molar-refractivity contribution in [3.63, 3.8) is 0 Å². The zero-order chi connectivity index (χ0) is 13.2. The van der Waals surface area contributed by atoms with Gasteiger partial charge in [0.1, 0.15) is 0 Å². The van der Waals surface area contributed by atoms with Crippen molar-refractivity contribution < 1.29 is 0 Å². The van der Waals surface area contributed by atoms with Crippen LogP contribution in [0.25, 0.3) is 10.9 Å². The maximum absolute atomic E-state index is 6.10. The van der Waals surface area contributed by atoms with Crippen LogP contribution in [0.4, 0.5) is 0 Å². The van der Waals surface area contributed by atoms with E-state index in [0.717, 1.165) is 0 Å². The third-order valence-electron chi connectivity index (χ3n) is 4.33. The maximum Gasteiger partial charge on any atom is 0.0494 e. The Labute approximate surface area is 114 Å². The molecule has 3 nitrogen and oxygen atoms in total. The molecule has 3 rings (SSSR count). The largest absolute Gasteiger partial charge is 0.358 e. The van der Waals surface area contributed by atoms with Gasteiger partial charge in [0, 0.05) is 29.2 Å². The Morgan fingerprint density at radius 2 is 1.95 bits per heavy atom. The number of hydrogen-bond donors (Lipinski definition) is 2. The minimum Gasteiger partial charge on any atom is -0.358 e. The van der Waals surface area contributed by atoms with Crippen LogP contribution in [0.15, 0.2) is 24.3 Å². The van der Waals surface area contributed by atoms with Gasteiger partial charge in [-0.15, -0.1) is 0 Å². The maximum atomic E-state index is 6.10. The van der Waals surface area contributed by atoms with Crippen LogP contribution in [0.2, 0.25) is 0 Å². The molecule has 1 aliphatic heterocycles. The van der Waals surface area contributed by atoms with E-state index in [9.17, 15) is 0 Å². The minimum atomic E-state index is 0.358. The summed E-state index contributed by atoms with van der Waals surface area (Å²) in [4.78, 5) is 6.06. The number of fused-ring (bicyclic) bond motifs is 1. The Hall–Kier alpha value is -1.32. The molecule has 1 aromatic heterocycles. The molecule has 3 heteroatoms. The van der Waals surface area contributed by atoms with Gasteiger partial charge in [0.25, 0.3) is 0 Å². The van der Waals surface area contributed by atoms with Crippen molar-refractivity contribution in [3.8, 4) is 0 Å². The summed E-state index contributed by atoms with van der Waals surface area (Å²) in [5.74, 6) is 0. The van der Waals surface area contributed by atoms with Gasteiger partial charge in [0.2, 0.25) is 0 Å². The van der Waals surface area contributed by atoms with Crippen molar-refractivity contribution in [1.29, 1.82) is 0 Å². The smallest absolute Gasteiger partial charge is 0.0494 e. The summed E-state index contributed by atoms with van der Waals surface area (Å²) in [6, 6.07) is 8.91. The van der Waals surface area contributed by atoms with Gasteiger partial charge in [-0.1, -0.05) is 24.6 Å². The lowest BCUT2D eigenvalue weighted by atomic mass is 9.99.